The lowest BCUT2D eigenvalue weighted by Crippen LogP contribution is -2.21. The first-order chi connectivity index (χ1) is 8.01. The van der Waals surface area contributed by atoms with Gasteiger partial charge in [-0.25, -0.2) is 13.1 Å². The van der Waals surface area contributed by atoms with E-state index in [4.69, 9.17) is 0 Å². The molecule has 0 radical (unpaired) electrons. The number of rotatable bonds is 5. The van der Waals surface area contributed by atoms with Crippen molar-refractivity contribution in [3.63, 3.8) is 0 Å². The van der Waals surface area contributed by atoms with Gasteiger partial charge in [-0.05, 0) is 19.2 Å². The maximum absolute atomic E-state index is 11.7. The molecule has 0 unspecified atom stereocenters. The van der Waals surface area contributed by atoms with Gasteiger partial charge in [-0.1, -0.05) is 28.1 Å². The molecular weight excluding hydrogens is 308 g/mol. The van der Waals surface area contributed by atoms with Crippen LogP contribution in [-0.2, 0) is 14.8 Å². The summed E-state index contributed by atoms with van der Waals surface area (Å²) in [4.78, 5) is 11.5. The number of carbonyl (C=O) groups is 1. The number of benzene rings is 1. The summed E-state index contributed by atoms with van der Waals surface area (Å²) in [5.74, 6) is -0.236. The molecule has 2 N–H and O–H groups in total. The summed E-state index contributed by atoms with van der Waals surface area (Å²) in [6.45, 7) is 0. The highest BCUT2D eigenvalue weighted by atomic mass is 79.9. The average Bonchev–Trinajstić information content (AvgIpc) is 2.30. The van der Waals surface area contributed by atoms with E-state index in [9.17, 15) is 13.2 Å². The smallest absolute Gasteiger partial charge is 0.242 e. The van der Waals surface area contributed by atoms with Crippen LogP contribution in [0.15, 0.2) is 29.2 Å². The summed E-state index contributed by atoms with van der Waals surface area (Å²) in [5, 5.41) is 3.09. The molecule has 0 atom stereocenters. The molecule has 0 aliphatic heterocycles. The number of para-hydroxylation sites is 1. The van der Waals surface area contributed by atoms with E-state index in [1.807, 2.05) is 0 Å². The Hall–Kier alpha value is -0.920. The molecule has 0 saturated carbocycles. The van der Waals surface area contributed by atoms with Gasteiger partial charge in [-0.2, -0.15) is 0 Å². The molecule has 0 fully saturated rings. The molecule has 0 heterocycles. The number of sulfonamides is 1. The number of anilines is 1. The molecule has 0 aliphatic carbocycles. The van der Waals surface area contributed by atoms with Crippen LogP contribution in [0.5, 0.6) is 0 Å². The van der Waals surface area contributed by atoms with Gasteiger partial charge in [0, 0.05) is 11.8 Å². The van der Waals surface area contributed by atoms with E-state index in [1.54, 1.807) is 18.2 Å². The highest BCUT2D eigenvalue weighted by molar-refractivity contribution is 9.09. The van der Waals surface area contributed by atoms with Crippen molar-refractivity contribution in [2.75, 3.05) is 17.7 Å². The Morgan fingerprint density at radius 1 is 1.35 bits per heavy atom. The molecule has 0 aromatic heterocycles. The maximum Gasteiger partial charge on any atom is 0.242 e. The summed E-state index contributed by atoms with van der Waals surface area (Å²) >= 11 is 3.14. The van der Waals surface area contributed by atoms with E-state index in [1.165, 1.54) is 13.1 Å². The van der Waals surface area contributed by atoms with Crippen LogP contribution in [0.25, 0.3) is 0 Å². The van der Waals surface area contributed by atoms with Gasteiger partial charge >= 0.3 is 0 Å². The average molecular weight is 321 g/mol. The lowest BCUT2D eigenvalue weighted by Gasteiger charge is -2.10. The molecule has 1 rings (SSSR count). The van der Waals surface area contributed by atoms with Crippen molar-refractivity contribution in [3.8, 4) is 0 Å². The molecule has 5 nitrogen and oxygen atoms in total. The molecule has 1 aromatic carbocycles. The Balaban J connectivity index is 3.05. The second kappa shape index (κ2) is 6.13. The molecule has 0 aliphatic rings. The van der Waals surface area contributed by atoms with Gasteiger partial charge in [0.25, 0.3) is 0 Å². The van der Waals surface area contributed by atoms with E-state index in [2.05, 4.69) is 26.0 Å². The Bertz CT molecular complexity index is 502. The first kappa shape index (κ1) is 14.1. The van der Waals surface area contributed by atoms with E-state index in [0.29, 0.717) is 5.33 Å². The fourth-order valence-electron chi connectivity index (χ4n) is 1.21. The van der Waals surface area contributed by atoms with Gasteiger partial charge in [-0.15, -0.1) is 0 Å². The second-order valence-electron chi connectivity index (χ2n) is 3.19. The topological polar surface area (TPSA) is 75.3 Å². The van der Waals surface area contributed by atoms with E-state index >= 15 is 0 Å². The molecule has 1 aromatic rings. The number of alkyl halides is 1. The zero-order valence-corrected chi connectivity index (χ0v) is 11.6. The predicted molar refractivity (Wildman–Crippen MR) is 69.7 cm³/mol. The zero-order valence-electron chi connectivity index (χ0n) is 9.23. The third-order valence-electron chi connectivity index (χ3n) is 2.04. The van der Waals surface area contributed by atoms with Gasteiger partial charge < -0.3 is 5.32 Å². The first-order valence-corrected chi connectivity index (χ1v) is 7.50. The minimum absolute atomic E-state index is 0.0606. The lowest BCUT2D eigenvalue weighted by atomic mass is 10.3. The Kier molecular flexibility index (Phi) is 5.10. The Morgan fingerprint density at radius 2 is 2.00 bits per heavy atom. The minimum atomic E-state index is -3.57. The number of nitrogens with one attached hydrogen (secondary N) is 2. The van der Waals surface area contributed by atoms with E-state index in [-0.39, 0.29) is 22.9 Å². The van der Waals surface area contributed by atoms with Crippen molar-refractivity contribution in [1.82, 2.24) is 4.72 Å². The van der Waals surface area contributed by atoms with Crippen molar-refractivity contribution in [3.05, 3.63) is 24.3 Å². The van der Waals surface area contributed by atoms with Crippen molar-refractivity contribution >= 4 is 37.5 Å². The van der Waals surface area contributed by atoms with Crippen molar-refractivity contribution in [2.45, 2.75) is 11.3 Å². The number of carbonyl (C=O) groups excluding carboxylic acids is 1. The summed E-state index contributed by atoms with van der Waals surface area (Å²) in [7, 11) is -2.24. The van der Waals surface area contributed by atoms with Crippen LogP contribution >= 0.6 is 15.9 Å². The third-order valence-corrected chi connectivity index (χ3v) is 3.91. The van der Waals surface area contributed by atoms with Crippen molar-refractivity contribution in [1.29, 1.82) is 0 Å². The Morgan fingerprint density at radius 3 is 2.59 bits per heavy atom. The van der Waals surface area contributed by atoms with Gasteiger partial charge in [0.2, 0.25) is 15.9 Å². The van der Waals surface area contributed by atoms with Crippen LogP contribution < -0.4 is 10.0 Å². The fourth-order valence-corrected chi connectivity index (χ4v) is 2.46. The molecule has 0 bridgehead atoms. The summed E-state index contributed by atoms with van der Waals surface area (Å²) < 4.78 is 25.6. The second-order valence-corrected chi connectivity index (χ2v) is 5.84. The van der Waals surface area contributed by atoms with Gasteiger partial charge in [-0.3, -0.25) is 4.79 Å². The van der Waals surface area contributed by atoms with Gasteiger partial charge in [0.05, 0.1) is 5.69 Å². The van der Waals surface area contributed by atoms with Gasteiger partial charge in [0.15, 0.2) is 0 Å². The molecular formula is C10H13BrN2O3S. The van der Waals surface area contributed by atoms with Crippen molar-refractivity contribution in [2.24, 2.45) is 0 Å². The molecule has 7 heteroatoms. The van der Waals surface area contributed by atoms with E-state index < -0.39 is 10.0 Å². The largest absolute Gasteiger partial charge is 0.325 e. The van der Waals surface area contributed by atoms with Crippen molar-refractivity contribution < 1.29 is 13.2 Å². The molecule has 94 valence electrons. The summed E-state index contributed by atoms with van der Waals surface area (Å²) in [6.07, 6.45) is 0.286. The highest BCUT2D eigenvalue weighted by Gasteiger charge is 2.16. The number of halogens is 1. The van der Waals surface area contributed by atoms with Crippen LogP contribution in [0.4, 0.5) is 5.69 Å². The standard InChI is InChI=1S/C10H13BrN2O3S/c1-12-17(15,16)9-5-3-2-4-8(9)13-10(14)6-7-11/h2-5,12H,6-7H2,1H3,(H,13,14). The number of hydrogen-bond donors (Lipinski definition) is 2. The predicted octanol–water partition coefficient (Wildman–Crippen LogP) is 1.32. The molecule has 0 saturated heterocycles. The number of hydrogen-bond acceptors (Lipinski definition) is 3. The first-order valence-electron chi connectivity index (χ1n) is 4.89. The van der Waals surface area contributed by atoms with Crippen LogP contribution in [0, 0.1) is 0 Å². The SMILES string of the molecule is CNS(=O)(=O)c1ccccc1NC(=O)CCBr. The fraction of sp³-hybridized carbons (Fsp3) is 0.300. The highest BCUT2D eigenvalue weighted by Crippen LogP contribution is 2.20. The van der Waals surface area contributed by atoms with Crippen LogP contribution in [-0.4, -0.2) is 26.7 Å². The quantitative estimate of drug-likeness (QED) is 0.803. The molecule has 17 heavy (non-hydrogen) atoms. The van der Waals surface area contributed by atoms with E-state index in [0.717, 1.165) is 0 Å². The lowest BCUT2D eigenvalue weighted by molar-refractivity contribution is -0.115. The Labute approximate surface area is 109 Å². The maximum atomic E-state index is 11.7. The number of amides is 1. The normalized spacial score (nSPS) is 11.2. The minimum Gasteiger partial charge on any atom is -0.325 e. The molecule has 1 amide bonds. The monoisotopic (exact) mass is 320 g/mol. The third kappa shape index (κ3) is 3.79. The van der Waals surface area contributed by atoms with Crippen LogP contribution in [0.3, 0.4) is 0 Å². The van der Waals surface area contributed by atoms with Crippen LogP contribution in [0.1, 0.15) is 6.42 Å². The zero-order chi connectivity index (χ0) is 12.9. The summed E-state index contributed by atoms with van der Waals surface area (Å²) in [5.41, 5.74) is 0.285. The van der Waals surface area contributed by atoms with Crippen LogP contribution in [0.2, 0.25) is 0 Å². The summed E-state index contributed by atoms with van der Waals surface area (Å²) in [6, 6.07) is 6.26. The van der Waals surface area contributed by atoms with Gasteiger partial charge in [0.1, 0.15) is 4.90 Å². The molecule has 0 spiro atoms.